The predicted molar refractivity (Wildman–Crippen MR) is 177 cm³/mol. The molecule has 5 rings (SSSR count). The van der Waals surface area contributed by atoms with Crippen LogP contribution in [0.1, 0.15) is 108 Å². The molecule has 1 aliphatic heterocycles. The number of carbonyl (C=O) groups excluding carboxylic acids is 2. The number of ketones is 1. The quantitative estimate of drug-likeness (QED) is 0.290. The summed E-state index contributed by atoms with van der Waals surface area (Å²) in [4.78, 5) is 40.7. The third kappa shape index (κ3) is 4.80. The van der Waals surface area contributed by atoms with Gasteiger partial charge in [-0.25, -0.2) is 0 Å². The van der Waals surface area contributed by atoms with Crippen LogP contribution >= 0.6 is 0 Å². The maximum Gasteiger partial charge on any atom is 0.308 e. The summed E-state index contributed by atoms with van der Waals surface area (Å²) in [7, 11) is 0. The Labute approximate surface area is 276 Å². The zero-order valence-electron chi connectivity index (χ0n) is 30.3. The fourth-order valence-electron chi connectivity index (χ4n) is 11.4. The van der Waals surface area contributed by atoms with Crippen LogP contribution in [0.25, 0.3) is 0 Å². The zero-order valence-corrected chi connectivity index (χ0v) is 30.3. The molecule has 0 aromatic rings. The van der Waals surface area contributed by atoms with Gasteiger partial charge in [0, 0.05) is 28.7 Å². The van der Waals surface area contributed by atoms with E-state index in [0.29, 0.717) is 32.2 Å². The predicted octanol–water partition coefficient (Wildman–Crippen LogP) is 6.44. The number of fused-ring (bicyclic) bond motifs is 3. The van der Waals surface area contributed by atoms with Crippen LogP contribution in [0.4, 0.5) is 0 Å². The highest BCUT2D eigenvalue weighted by molar-refractivity contribution is 6.00. The number of allylic oxidation sites excluding steroid dienone is 1. The van der Waals surface area contributed by atoms with Crippen LogP contribution < -0.4 is 5.73 Å². The molecule has 0 aromatic heterocycles. The Morgan fingerprint density at radius 2 is 1.74 bits per heavy atom. The van der Waals surface area contributed by atoms with Gasteiger partial charge in [0.15, 0.2) is 5.78 Å². The van der Waals surface area contributed by atoms with Crippen LogP contribution in [-0.4, -0.2) is 60.4 Å². The van der Waals surface area contributed by atoms with E-state index in [2.05, 4.69) is 55.4 Å². The van der Waals surface area contributed by atoms with Gasteiger partial charge in [0.2, 0.25) is 0 Å². The first kappa shape index (κ1) is 35.5. The number of carboxylic acids is 1. The molecule has 0 radical (unpaired) electrons. The Bertz CT molecular complexity index is 1290. The summed E-state index contributed by atoms with van der Waals surface area (Å²) in [6, 6.07) is 0. The minimum absolute atomic E-state index is 0.0295. The van der Waals surface area contributed by atoms with Crippen LogP contribution in [0.15, 0.2) is 11.6 Å². The highest BCUT2D eigenvalue weighted by atomic mass is 16.6. The van der Waals surface area contributed by atoms with Crippen molar-refractivity contribution in [3.8, 4) is 0 Å². The maximum absolute atomic E-state index is 14.8. The topological polar surface area (TPSA) is 125 Å². The fourth-order valence-corrected chi connectivity index (χ4v) is 11.4. The second-order valence-corrected chi connectivity index (χ2v) is 18.0. The van der Waals surface area contributed by atoms with E-state index in [-0.39, 0.29) is 35.4 Å². The normalized spacial score (nSPS) is 45.6. The van der Waals surface area contributed by atoms with E-state index < -0.39 is 56.7 Å². The second kappa shape index (κ2) is 11.4. The summed E-state index contributed by atoms with van der Waals surface area (Å²) in [5.74, 6) is -1.28. The minimum Gasteiger partial charge on any atom is -0.481 e. The van der Waals surface area contributed by atoms with Crippen molar-refractivity contribution in [2.45, 2.75) is 126 Å². The lowest BCUT2D eigenvalue weighted by Crippen LogP contribution is -2.71. The monoisotopic (exact) mass is 643 g/mol. The van der Waals surface area contributed by atoms with Crippen molar-refractivity contribution in [2.75, 3.05) is 19.8 Å². The standard InChI is InChI=1S/C38H61NO7/c1-21(2)23(5)33(7)14-15-35(9)25-12-13-28-34(8)18-44-20-38(28,26(25)16-29(41)37(35,11)30(33)32(42)43)17-27(46-24(6)40)31(34)45-19-36(10,39)22(3)4/h16,21-23,25,27-28,30-31H,12-15,17-20,39H2,1-11H3,(H,42,43)/t23-,25+,27-,28+,30-,31+,33-,34?,35-,36-,37+,38+/m1/s1. The Kier molecular flexibility index (Phi) is 8.81. The largest absolute Gasteiger partial charge is 0.481 e. The van der Waals surface area contributed by atoms with Crippen molar-refractivity contribution < 1.29 is 33.7 Å². The Balaban J connectivity index is 1.62. The molecule has 0 aromatic carbocycles. The van der Waals surface area contributed by atoms with E-state index >= 15 is 0 Å². The highest BCUT2D eigenvalue weighted by Gasteiger charge is 2.74. The Morgan fingerprint density at radius 3 is 2.30 bits per heavy atom. The van der Waals surface area contributed by atoms with Crippen molar-refractivity contribution in [1.29, 1.82) is 0 Å². The van der Waals surface area contributed by atoms with Gasteiger partial charge >= 0.3 is 11.9 Å². The van der Waals surface area contributed by atoms with Crippen molar-refractivity contribution >= 4 is 17.7 Å². The number of hydrogen-bond acceptors (Lipinski definition) is 7. The van der Waals surface area contributed by atoms with E-state index in [0.717, 1.165) is 31.3 Å². The first-order valence-corrected chi connectivity index (χ1v) is 17.8. The molecule has 2 bridgehead atoms. The van der Waals surface area contributed by atoms with Crippen molar-refractivity contribution in [2.24, 2.45) is 68.3 Å². The smallest absolute Gasteiger partial charge is 0.308 e. The molecule has 8 nitrogen and oxygen atoms in total. The molecule has 1 unspecified atom stereocenters. The Hall–Kier alpha value is -1.77. The molecule has 1 saturated heterocycles. The maximum atomic E-state index is 14.8. The zero-order chi connectivity index (χ0) is 34.4. The van der Waals surface area contributed by atoms with E-state index in [1.807, 2.05) is 19.9 Å². The highest BCUT2D eigenvalue weighted by Crippen LogP contribution is 2.74. The molecule has 4 fully saturated rings. The first-order valence-electron chi connectivity index (χ1n) is 17.8. The molecule has 5 aliphatic rings. The number of rotatable bonds is 8. The number of nitrogens with two attached hydrogens (primary N) is 1. The molecule has 0 spiro atoms. The molecule has 4 aliphatic carbocycles. The van der Waals surface area contributed by atoms with Gasteiger partial charge in [0.05, 0.1) is 25.7 Å². The summed E-state index contributed by atoms with van der Waals surface area (Å²) >= 11 is 0. The summed E-state index contributed by atoms with van der Waals surface area (Å²) in [5, 5.41) is 10.9. The number of aliphatic carboxylic acids is 1. The van der Waals surface area contributed by atoms with E-state index in [1.54, 1.807) is 0 Å². The summed E-state index contributed by atoms with van der Waals surface area (Å²) in [6.07, 6.45) is 4.77. The molecule has 8 heteroatoms. The molecular weight excluding hydrogens is 582 g/mol. The summed E-state index contributed by atoms with van der Waals surface area (Å²) in [6.45, 7) is 23.8. The van der Waals surface area contributed by atoms with Crippen molar-refractivity contribution in [1.82, 2.24) is 0 Å². The molecular formula is C38H61NO7. The third-order valence-electron chi connectivity index (χ3n) is 15.2. The molecule has 46 heavy (non-hydrogen) atoms. The summed E-state index contributed by atoms with van der Waals surface area (Å²) < 4.78 is 19.3. The number of carbonyl (C=O) groups is 3. The van der Waals surface area contributed by atoms with Gasteiger partial charge in [-0.3, -0.25) is 14.4 Å². The van der Waals surface area contributed by atoms with Crippen LogP contribution in [0.5, 0.6) is 0 Å². The van der Waals surface area contributed by atoms with Gasteiger partial charge in [0.25, 0.3) is 0 Å². The third-order valence-corrected chi connectivity index (χ3v) is 15.2. The lowest BCUT2D eigenvalue weighted by molar-refractivity contribution is -0.268. The SMILES string of the molecule is CC(=O)O[C@@H]1C[C@@]23COCC(C)([C@H]1OC[C@@](C)(N)C(C)C)[C@@H]2CC[C@H]1C3=CC(=O)[C@@]2(C)[C@H](C(=O)O)[C@@](C)([C@H](C)C(C)C)CC[C@]12C. The average Bonchev–Trinajstić information content (AvgIpc) is 2.93. The molecule has 12 atom stereocenters. The average molecular weight is 644 g/mol. The number of ether oxygens (including phenoxy) is 3. The van der Waals surface area contributed by atoms with Gasteiger partial charge in [0.1, 0.15) is 12.2 Å². The van der Waals surface area contributed by atoms with Gasteiger partial charge in [-0.1, -0.05) is 67.9 Å². The van der Waals surface area contributed by atoms with E-state index in [9.17, 15) is 19.5 Å². The molecule has 3 saturated carbocycles. The number of hydrogen-bond donors (Lipinski definition) is 2. The molecule has 1 heterocycles. The molecule has 0 amide bonds. The van der Waals surface area contributed by atoms with Crippen LogP contribution in [0.3, 0.4) is 0 Å². The molecule has 260 valence electrons. The van der Waals surface area contributed by atoms with E-state index in [1.165, 1.54) is 6.92 Å². The van der Waals surface area contributed by atoms with Gasteiger partial charge < -0.3 is 25.1 Å². The summed E-state index contributed by atoms with van der Waals surface area (Å²) in [5.41, 5.74) is 4.10. The number of esters is 1. The van der Waals surface area contributed by atoms with Crippen LogP contribution in [-0.2, 0) is 28.6 Å². The number of carboxylic acid groups (broad SMARTS) is 1. The lowest BCUT2D eigenvalue weighted by atomic mass is 9.34. The fraction of sp³-hybridized carbons (Fsp3) is 0.868. The minimum atomic E-state index is -1.05. The van der Waals surface area contributed by atoms with Gasteiger partial charge in [-0.2, -0.15) is 0 Å². The van der Waals surface area contributed by atoms with E-state index in [4.69, 9.17) is 19.9 Å². The van der Waals surface area contributed by atoms with Crippen molar-refractivity contribution in [3.05, 3.63) is 11.6 Å². The molecule has 3 N–H and O–H groups in total. The van der Waals surface area contributed by atoms with Gasteiger partial charge in [-0.15, -0.1) is 0 Å². The van der Waals surface area contributed by atoms with Gasteiger partial charge in [-0.05, 0) is 85.5 Å². The second-order valence-electron chi connectivity index (χ2n) is 18.0. The van der Waals surface area contributed by atoms with Crippen LogP contribution in [0.2, 0.25) is 0 Å². The first-order chi connectivity index (χ1) is 21.1. The van der Waals surface area contributed by atoms with Crippen LogP contribution in [0, 0.1) is 62.6 Å². The Morgan fingerprint density at radius 1 is 1.09 bits per heavy atom. The lowest BCUT2D eigenvalue weighted by Gasteiger charge is -2.70. The van der Waals surface area contributed by atoms with Crippen molar-refractivity contribution in [3.63, 3.8) is 0 Å².